The first-order valence-corrected chi connectivity index (χ1v) is 6.83. The van der Waals surface area contributed by atoms with E-state index < -0.39 is 0 Å². The molecule has 0 aliphatic heterocycles. The van der Waals surface area contributed by atoms with Gasteiger partial charge in [0.25, 0.3) is 0 Å². The van der Waals surface area contributed by atoms with Crippen LogP contribution in [0.15, 0.2) is 39.5 Å². The van der Waals surface area contributed by atoms with E-state index >= 15 is 0 Å². The Kier molecular flexibility index (Phi) is 2.44. The highest BCUT2D eigenvalue weighted by molar-refractivity contribution is 5.91. The largest absolute Gasteiger partial charge is 0.464 e. The Morgan fingerprint density at radius 3 is 2.85 bits per heavy atom. The van der Waals surface area contributed by atoms with Gasteiger partial charge in [-0.05, 0) is 18.9 Å². The first kappa shape index (κ1) is 11.7. The summed E-state index contributed by atoms with van der Waals surface area (Å²) in [5.41, 5.74) is 7.45. The first-order chi connectivity index (χ1) is 9.82. The van der Waals surface area contributed by atoms with E-state index in [0.717, 1.165) is 29.4 Å². The number of furan rings is 1. The van der Waals surface area contributed by atoms with Gasteiger partial charge < -0.3 is 14.7 Å². The summed E-state index contributed by atoms with van der Waals surface area (Å²) in [6.07, 6.45) is 4.90. The minimum Gasteiger partial charge on any atom is -0.464 e. The van der Waals surface area contributed by atoms with Crippen LogP contribution in [0.4, 0.5) is 0 Å². The van der Waals surface area contributed by atoms with Crippen LogP contribution in [0.1, 0.15) is 25.2 Å². The molecule has 1 aliphatic rings. The molecule has 5 nitrogen and oxygen atoms in total. The summed E-state index contributed by atoms with van der Waals surface area (Å²) >= 11 is 0. The number of aromatic nitrogens is 2. The van der Waals surface area contributed by atoms with Gasteiger partial charge in [0.15, 0.2) is 0 Å². The van der Waals surface area contributed by atoms with Gasteiger partial charge >= 0.3 is 0 Å². The van der Waals surface area contributed by atoms with Crippen molar-refractivity contribution in [2.45, 2.75) is 24.7 Å². The molecule has 0 spiro atoms. The molecule has 0 atom stereocenters. The monoisotopic (exact) mass is 269 g/mol. The highest BCUT2D eigenvalue weighted by Crippen LogP contribution is 2.42. The van der Waals surface area contributed by atoms with Gasteiger partial charge in [-0.25, -0.2) is 0 Å². The molecule has 20 heavy (non-hydrogen) atoms. The van der Waals surface area contributed by atoms with Crippen LogP contribution in [0, 0.1) is 0 Å². The lowest BCUT2D eigenvalue weighted by atomic mass is 9.69. The Balaban J connectivity index is 1.78. The number of benzene rings is 1. The summed E-state index contributed by atoms with van der Waals surface area (Å²) in [5, 5.41) is 5.10. The molecule has 3 aromatic rings. The van der Waals surface area contributed by atoms with Crippen LogP contribution in [0.2, 0.25) is 0 Å². The van der Waals surface area contributed by atoms with Crippen LogP contribution >= 0.6 is 0 Å². The average molecular weight is 269 g/mol. The molecule has 4 rings (SSSR count). The normalized spacial score (nSPS) is 17.2. The molecule has 2 heterocycles. The van der Waals surface area contributed by atoms with E-state index in [1.807, 2.05) is 24.3 Å². The van der Waals surface area contributed by atoms with E-state index in [9.17, 15) is 0 Å². The summed E-state index contributed by atoms with van der Waals surface area (Å²) < 4.78 is 11.0. The van der Waals surface area contributed by atoms with Crippen molar-refractivity contribution < 1.29 is 8.94 Å². The molecule has 0 radical (unpaired) electrons. The number of hydrogen-bond donors (Lipinski definition) is 1. The molecule has 102 valence electrons. The van der Waals surface area contributed by atoms with Crippen molar-refractivity contribution in [1.29, 1.82) is 0 Å². The molecular weight excluding hydrogens is 254 g/mol. The smallest absolute Gasteiger partial charge is 0.234 e. The third-order valence-electron chi connectivity index (χ3n) is 4.30. The van der Waals surface area contributed by atoms with Crippen molar-refractivity contribution in [2.75, 3.05) is 6.54 Å². The molecule has 1 aromatic carbocycles. The molecule has 1 aliphatic carbocycles. The Labute approximate surface area is 115 Å². The van der Waals surface area contributed by atoms with Gasteiger partial charge in [-0.15, -0.1) is 0 Å². The number of hydrogen-bond acceptors (Lipinski definition) is 5. The summed E-state index contributed by atoms with van der Waals surface area (Å²) in [7, 11) is 0. The van der Waals surface area contributed by atoms with Crippen molar-refractivity contribution in [2.24, 2.45) is 5.73 Å². The Hall–Kier alpha value is -2.14. The molecule has 0 bridgehead atoms. The molecule has 5 heteroatoms. The standard InChI is InChI=1S/C15H15N3O2/c16-9-15(6-3-7-15)14-17-13(18-20-14)11-8-19-12-5-2-1-4-10(11)12/h1-2,4-5,8H,3,6-7,9,16H2. The van der Waals surface area contributed by atoms with Gasteiger partial charge in [-0.1, -0.05) is 29.8 Å². The minimum atomic E-state index is -0.106. The third kappa shape index (κ3) is 1.53. The van der Waals surface area contributed by atoms with Gasteiger partial charge in [0.05, 0.1) is 11.0 Å². The fraction of sp³-hybridized carbons (Fsp3) is 0.333. The zero-order valence-corrected chi connectivity index (χ0v) is 11.0. The Bertz CT molecular complexity index is 750. The average Bonchev–Trinajstić information content (AvgIpc) is 3.04. The summed E-state index contributed by atoms with van der Waals surface area (Å²) in [4.78, 5) is 4.55. The quantitative estimate of drug-likeness (QED) is 0.791. The lowest BCUT2D eigenvalue weighted by Gasteiger charge is -2.36. The van der Waals surface area contributed by atoms with E-state index in [1.54, 1.807) is 6.26 Å². The van der Waals surface area contributed by atoms with E-state index in [-0.39, 0.29) is 5.41 Å². The first-order valence-electron chi connectivity index (χ1n) is 6.83. The highest BCUT2D eigenvalue weighted by atomic mass is 16.5. The molecule has 0 saturated heterocycles. The second-order valence-corrected chi connectivity index (χ2v) is 5.41. The van der Waals surface area contributed by atoms with Crippen LogP contribution < -0.4 is 5.73 Å². The minimum absolute atomic E-state index is 0.106. The van der Waals surface area contributed by atoms with Crippen LogP contribution in [-0.4, -0.2) is 16.7 Å². The molecule has 0 amide bonds. The maximum atomic E-state index is 5.87. The maximum absolute atomic E-state index is 5.87. The molecule has 0 unspecified atom stereocenters. The zero-order chi connectivity index (χ0) is 13.6. The van der Waals surface area contributed by atoms with Crippen LogP contribution in [0.25, 0.3) is 22.4 Å². The van der Waals surface area contributed by atoms with E-state index in [2.05, 4.69) is 10.1 Å². The lowest BCUT2D eigenvalue weighted by molar-refractivity contribution is 0.182. The van der Waals surface area contributed by atoms with E-state index in [4.69, 9.17) is 14.7 Å². The fourth-order valence-electron chi connectivity index (χ4n) is 2.81. The number of para-hydroxylation sites is 1. The van der Waals surface area contributed by atoms with E-state index in [0.29, 0.717) is 18.3 Å². The van der Waals surface area contributed by atoms with Crippen molar-refractivity contribution >= 4 is 11.0 Å². The second kappa shape index (κ2) is 4.18. The fourth-order valence-corrected chi connectivity index (χ4v) is 2.81. The van der Waals surface area contributed by atoms with Crippen molar-refractivity contribution in [3.63, 3.8) is 0 Å². The second-order valence-electron chi connectivity index (χ2n) is 5.41. The highest BCUT2D eigenvalue weighted by Gasteiger charge is 2.42. The Morgan fingerprint density at radius 1 is 1.25 bits per heavy atom. The van der Waals surface area contributed by atoms with Gasteiger partial charge in [0.1, 0.15) is 11.8 Å². The molecule has 1 saturated carbocycles. The third-order valence-corrected chi connectivity index (χ3v) is 4.30. The number of rotatable bonds is 3. The van der Waals surface area contributed by atoms with Gasteiger partial charge in [0.2, 0.25) is 11.7 Å². The molecule has 1 fully saturated rings. The van der Waals surface area contributed by atoms with Crippen LogP contribution in [0.3, 0.4) is 0 Å². The van der Waals surface area contributed by atoms with Gasteiger partial charge in [-0.3, -0.25) is 0 Å². The van der Waals surface area contributed by atoms with Crippen molar-refractivity contribution in [1.82, 2.24) is 10.1 Å². The van der Waals surface area contributed by atoms with Gasteiger partial charge in [-0.2, -0.15) is 4.98 Å². The zero-order valence-electron chi connectivity index (χ0n) is 11.0. The lowest BCUT2D eigenvalue weighted by Crippen LogP contribution is -2.41. The number of nitrogens with two attached hydrogens (primary N) is 1. The summed E-state index contributed by atoms with van der Waals surface area (Å²) in [6.45, 7) is 0.556. The topological polar surface area (TPSA) is 78.1 Å². The van der Waals surface area contributed by atoms with Crippen LogP contribution in [-0.2, 0) is 5.41 Å². The molecule has 2 aromatic heterocycles. The van der Waals surface area contributed by atoms with Gasteiger partial charge in [0, 0.05) is 11.9 Å². The van der Waals surface area contributed by atoms with Crippen LogP contribution in [0.5, 0.6) is 0 Å². The Morgan fingerprint density at radius 2 is 2.10 bits per heavy atom. The SMILES string of the molecule is NCC1(c2nc(-c3coc4ccccc34)no2)CCC1. The molecular formula is C15H15N3O2. The number of fused-ring (bicyclic) bond motifs is 1. The maximum Gasteiger partial charge on any atom is 0.234 e. The van der Waals surface area contributed by atoms with Crippen molar-refractivity contribution in [3.05, 3.63) is 36.4 Å². The predicted molar refractivity (Wildman–Crippen MR) is 74.1 cm³/mol. The van der Waals surface area contributed by atoms with E-state index in [1.165, 1.54) is 6.42 Å². The summed E-state index contributed by atoms with van der Waals surface area (Å²) in [6, 6.07) is 7.82. The number of nitrogens with zero attached hydrogens (tertiary/aromatic N) is 2. The molecule has 2 N–H and O–H groups in total. The summed E-state index contributed by atoms with van der Waals surface area (Å²) in [5.74, 6) is 1.23. The van der Waals surface area contributed by atoms with Crippen molar-refractivity contribution in [3.8, 4) is 11.4 Å². The predicted octanol–water partition coefficient (Wildman–Crippen LogP) is 2.86.